The predicted molar refractivity (Wildman–Crippen MR) is 192 cm³/mol. The van der Waals surface area contributed by atoms with Gasteiger partial charge in [-0.25, -0.2) is 4.57 Å². The fourth-order valence-electron chi connectivity index (χ4n) is 3.78. The minimum Gasteiger partial charge on any atom is -0.463 e. The molecule has 2 unspecified atom stereocenters. The van der Waals surface area contributed by atoms with Crippen molar-refractivity contribution in [1.29, 1.82) is 0 Å². The number of carbonyl (C=O) groups excluding carboxylic acids is 2. The summed E-state index contributed by atoms with van der Waals surface area (Å²) >= 11 is 0. The first-order chi connectivity index (χ1) is 22.8. The number of amides is 1. The van der Waals surface area contributed by atoms with Crippen LogP contribution in [-0.2, 0) is 27.9 Å². The first-order valence-corrected chi connectivity index (χ1v) is 18.6. The molecule has 0 aliphatic heterocycles. The molecule has 2 atom stereocenters. The Labute approximate surface area is 283 Å². The maximum atomic E-state index is 11.9. The van der Waals surface area contributed by atoms with Gasteiger partial charge in [-0.15, -0.1) is 0 Å². The van der Waals surface area contributed by atoms with E-state index in [-0.39, 0.29) is 32.1 Å². The number of carbonyl (C=O) groups is 2. The molecule has 0 rings (SSSR count). The number of aliphatic hydroxyl groups excluding tert-OH is 1. The monoisotopic (exact) mass is 677 g/mol. The lowest BCUT2D eigenvalue weighted by Gasteiger charge is -2.15. The van der Waals surface area contributed by atoms with Crippen LogP contribution in [0.5, 0.6) is 0 Å². The molecule has 0 aliphatic carbocycles. The van der Waals surface area contributed by atoms with Crippen molar-refractivity contribution in [2.75, 3.05) is 26.4 Å². The van der Waals surface area contributed by atoms with Crippen LogP contribution in [0.1, 0.15) is 104 Å². The molecule has 0 saturated carbocycles. The number of unbranched alkanes of at least 4 members (excludes halogenated alkanes) is 3. The van der Waals surface area contributed by atoms with Crippen molar-refractivity contribution in [3.63, 3.8) is 0 Å². The third-order valence-electron chi connectivity index (χ3n) is 6.34. The summed E-state index contributed by atoms with van der Waals surface area (Å²) in [5.41, 5.74) is 0. The summed E-state index contributed by atoms with van der Waals surface area (Å²) < 4.78 is 26.4. The Morgan fingerprint density at radius 3 is 1.70 bits per heavy atom. The molecule has 10 heteroatoms. The van der Waals surface area contributed by atoms with E-state index in [1.165, 1.54) is 0 Å². The Kier molecular flexibility index (Phi) is 31.1. The molecular weight excluding hydrogens is 617 g/mol. The molecule has 266 valence electrons. The van der Waals surface area contributed by atoms with Gasteiger partial charge in [0, 0.05) is 19.4 Å². The van der Waals surface area contributed by atoms with Gasteiger partial charge < -0.3 is 20.1 Å². The largest absolute Gasteiger partial charge is 0.472 e. The van der Waals surface area contributed by atoms with Gasteiger partial charge in [-0.3, -0.25) is 18.6 Å². The van der Waals surface area contributed by atoms with E-state index in [4.69, 9.17) is 13.8 Å². The zero-order valence-electron chi connectivity index (χ0n) is 28.7. The van der Waals surface area contributed by atoms with Crippen molar-refractivity contribution in [1.82, 2.24) is 5.32 Å². The molecule has 0 bridgehead atoms. The minimum atomic E-state index is -4.41. The SMILES string of the molecule is CC/C=C\C/C=C\C/C=C\C/C=C\C/C=C\C/C=C\C/C=C\CCCC(=O)OCC(O)COP(=O)(O)OCCNC(=O)CCCCC. The Bertz CT molecular complexity index is 1040. The third-order valence-corrected chi connectivity index (χ3v) is 7.32. The number of phosphoric ester groups is 1. The number of phosphoric acid groups is 1. The second-order valence-electron chi connectivity index (χ2n) is 10.8. The van der Waals surface area contributed by atoms with Crippen LogP contribution in [-0.4, -0.2) is 54.3 Å². The van der Waals surface area contributed by atoms with E-state index in [1.54, 1.807) is 0 Å². The predicted octanol–water partition coefficient (Wildman–Crippen LogP) is 8.53. The van der Waals surface area contributed by atoms with E-state index in [0.29, 0.717) is 12.8 Å². The number of aliphatic hydroxyl groups is 1. The Morgan fingerprint density at radius 2 is 1.19 bits per heavy atom. The molecule has 0 aromatic rings. The topological polar surface area (TPSA) is 131 Å². The van der Waals surface area contributed by atoms with Crippen molar-refractivity contribution in [2.24, 2.45) is 0 Å². The van der Waals surface area contributed by atoms with Crippen LogP contribution in [0.25, 0.3) is 0 Å². The van der Waals surface area contributed by atoms with E-state index in [1.807, 2.05) is 13.0 Å². The van der Waals surface area contributed by atoms with E-state index in [2.05, 4.69) is 91.2 Å². The van der Waals surface area contributed by atoms with Crippen LogP contribution in [0.3, 0.4) is 0 Å². The molecule has 0 heterocycles. The molecule has 1 amide bonds. The summed E-state index contributed by atoms with van der Waals surface area (Å²) in [5.74, 6) is -0.613. The van der Waals surface area contributed by atoms with Gasteiger partial charge in [0.15, 0.2) is 0 Å². The van der Waals surface area contributed by atoms with Crippen molar-refractivity contribution in [3.8, 4) is 0 Å². The standard InChI is InChI=1S/C37H60NO8P/c1-3-5-7-8-9-10-11-12-13-14-15-16-17-18-19-20-21-22-23-24-25-26-28-30-37(41)44-33-35(39)34-46-47(42,43)45-32-31-38-36(40)29-27-6-4-2/h5,7,9-10,12-13,15-16,18-19,21-22,24-25,35,39H,3-4,6,8,11,14,17,20,23,26-34H2,1-2H3,(H,38,40)(H,42,43)/b7-5-,10-9-,13-12-,16-15-,19-18-,22-21-,25-24-. The zero-order valence-corrected chi connectivity index (χ0v) is 29.6. The minimum absolute atomic E-state index is 0.0662. The average Bonchev–Trinajstić information content (AvgIpc) is 3.05. The molecule has 0 radical (unpaired) electrons. The summed E-state index contributed by atoms with van der Waals surface area (Å²) in [7, 11) is -4.41. The number of rotatable bonds is 30. The Hall–Kier alpha value is -2.81. The van der Waals surface area contributed by atoms with Crippen molar-refractivity contribution in [3.05, 3.63) is 85.1 Å². The van der Waals surface area contributed by atoms with Gasteiger partial charge in [-0.1, -0.05) is 112 Å². The summed E-state index contributed by atoms with van der Waals surface area (Å²) in [6.45, 7) is 3.14. The quantitative estimate of drug-likeness (QED) is 0.0298. The Balaban J connectivity index is 3.77. The van der Waals surface area contributed by atoms with Crippen molar-refractivity contribution < 1.29 is 37.9 Å². The molecule has 0 aromatic heterocycles. The highest BCUT2D eigenvalue weighted by Gasteiger charge is 2.23. The van der Waals surface area contributed by atoms with E-state index < -0.39 is 26.5 Å². The maximum absolute atomic E-state index is 11.9. The number of allylic oxidation sites excluding steroid dienone is 14. The zero-order chi connectivity index (χ0) is 34.7. The second kappa shape index (κ2) is 33.1. The van der Waals surface area contributed by atoms with Gasteiger partial charge in [-0.2, -0.15) is 0 Å². The summed E-state index contributed by atoms with van der Waals surface area (Å²) in [6, 6.07) is 0. The van der Waals surface area contributed by atoms with Gasteiger partial charge in [0.25, 0.3) is 0 Å². The van der Waals surface area contributed by atoms with Crippen LogP contribution >= 0.6 is 7.82 Å². The molecule has 47 heavy (non-hydrogen) atoms. The third kappa shape index (κ3) is 34.3. The second-order valence-corrected chi connectivity index (χ2v) is 12.2. The number of hydrogen-bond acceptors (Lipinski definition) is 7. The van der Waals surface area contributed by atoms with Crippen LogP contribution in [0.4, 0.5) is 0 Å². The van der Waals surface area contributed by atoms with Gasteiger partial charge in [0.05, 0.1) is 13.2 Å². The van der Waals surface area contributed by atoms with Gasteiger partial charge in [0.1, 0.15) is 12.7 Å². The molecule has 0 fully saturated rings. The van der Waals surface area contributed by atoms with Crippen LogP contribution in [0.2, 0.25) is 0 Å². The molecule has 3 N–H and O–H groups in total. The average molecular weight is 678 g/mol. The Morgan fingerprint density at radius 1 is 0.681 bits per heavy atom. The fourth-order valence-corrected chi connectivity index (χ4v) is 4.53. The first kappa shape index (κ1) is 44.2. The van der Waals surface area contributed by atoms with Crippen LogP contribution in [0.15, 0.2) is 85.1 Å². The highest BCUT2D eigenvalue weighted by Crippen LogP contribution is 2.42. The lowest BCUT2D eigenvalue weighted by Crippen LogP contribution is -2.27. The van der Waals surface area contributed by atoms with E-state index in [0.717, 1.165) is 70.6 Å². The van der Waals surface area contributed by atoms with Gasteiger partial charge in [0.2, 0.25) is 5.91 Å². The normalized spacial score (nSPS) is 14.6. The highest BCUT2D eigenvalue weighted by atomic mass is 31.2. The van der Waals surface area contributed by atoms with Gasteiger partial charge >= 0.3 is 13.8 Å². The van der Waals surface area contributed by atoms with E-state index in [9.17, 15) is 24.2 Å². The van der Waals surface area contributed by atoms with Gasteiger partial charge in [-0.05, 0) is 64.2 Å². The molecule has 0 aromatic carbocycles. The smallest absolute Gasteiger partial charge is 0.463 e. The molecule has 9 nitrogen and oxygen atoms in total. The first-order valence-electron chi connectivity index (χ1n) is 17.1. The van der Waals surface area contributed by atoms with Crippen molar-refractivity contribution >= 4 is 19.7 Å². The number of ether oxygens (including phenoxy) is 1. The van der Waals surface area contributed by atoms with Crippen LogP contribution in [0, 0.1) is 0 Å². The summed E-state index contributed by atoms with van der Waals surface area (Å²) in [4.78, 5) is 33.2. The lowest BCUT2D eigenvalue weighted by molar-refractivity contribution is -0.147. The summed E-state index contributed by atoms with van der Waals surface area (Å²) in [5, 5.41) is 12.5. The molecular formula is C37H60NO8P. The highest BCUT2D eigenvalue weighted by molar-refractivity contribution is 7.47. The molecule has 0 saturated heterocycles. The van der Waals surface area contributed by atoms with E-state index >= 15 is 0 Å². The molecule has 0 aliphatic rings. The number of nitrogens with one attached hydrogen (secondary N) is 1. The summed E-state index contributed by atoms with van der Waals surface area (Å²) in [6.07, 6.45) is 40.3. The number of esters is 1. The van der Waals surface area contributed by atoms with Crippen molar-refractivity contribution in [2.45, 2.75) is 110 Å². The lowest BCUT2D eigenvalue weighted by atomic mass is 10.2. The number of hydrogen-bond donors (Lipinski definition) is 3. The fraction of sp³-hybridized carbons (Fsp3) is 0.568. The molecule has 0 spiro atoms. The van der Waals surface area contributed by atoms with Crippen LogP contribution < -0.4 is 5.32 Å². The maximum Gasteiger partial charge on any atom is 0.472 e.